The largest absolute Gasteiger partial charge is 0.394 e. The lowest BCUT2D eigenvalue weighted by Gasteiger charge is -2.36. The molecule has 8 nitrogen and oxygen atoms in total. The van der Waals surface area contributed by atoms with E-state index in [1.54, 1.807) is 12.4 Å². The number of nitrogens with two attached hydrogens (primary N) is 2. The SMILES string of the molecule is Nc1ncc(Br)c(N2CCN(CC(=O)Nc3nccs3)CC2)c1N. The van der Waals surface area contributed by atoms with Crippen LogP contribution in [0.1, 0.15) is 0 Å². The van der Waals surface area contributed by atoms with Gasteiger partial charge in [-0.25, -0.2) is 9.97 Å². The minimum Gasteiger partial charge on any atom is -0.394 e. The van der Waals surface area contributed by atoms with Crippen molar-refractivity contribution in [2.24, 2.45) is 0 Å². The lowest BCUT2D eigenvalue weighted by atomic mass is 10.2. The van der Waals surface area contributed by atoms with Crippen LogP contribution in [-0.4, -0.2) is 53.5 Å². The molecule has 2 aromatic rings. The zero-order chi connectivity index (χ0) is 17.1. The Balaban J connectivity index is 1.56. The summed E-state index contributed by atoms with van der Waals surface area (Å²) in [6, 6.07) is 0. The van der Waals surface area contributed by atoms with Gasteiger partial charge >= 0.3 is 0 Å². The Kier molecular flexibility index (Phi) is 5.17. The molecule has 1 fully saturated rings. The predicted octanol–water partition coefficient (Wildman–Crippen LogP) is 1.23. The maximum Gasteiger partial charge on any atom is 0.240 e. The van der Waals surface area contributed by atoms with Gasteiger partial charge in [0.1, 0.15) is 5.82 Å². The number of nitrogen functional groups attached to an aromatic ring is 2. The molecular weight excluding hydrogens is 394 g/mol. The molecule has 0 radical (unpaired) electrons. The fraction of sp³-hybridized carbons (Fsp3) is 0.357. The third-order valence-corrected chi connectivity index (χ3v) is 5.08. The summed E-state index contributed by atoms with van der Waals surface area (Å²) in [5.74, 6) is 0.283. The van der Waals surface area contributed by atoms with Gasteiger partial charge in [-0.3, -0.25) is 9.69 Å². The molecule has 1 saturated heterocycles. The van der Waals surface area contributed by atoms with Gasteiger partial charge < -0.3 is 21.7 Å². The quantitative estimate of drug-likeness (QED) is 0.692. The van der Waals surface area contributed by atoms with Gasteiger partial charge in [-0.05, 0) is 15.9 Å². The van der Waals surface area contributed by atoms with E-state index in [4.69, 9.17) is 11.5 Å². The van der Waals surface area contributed by atoms with Crippen molar-refractivity contribution >= 4 is 55.5 Å². The van der Waals surface area contributed by atoms with E-state index in [-0.39, 0.29) is 5.91 Å². The van der Waals surface area contributed by atoms with E-state index in [0.717, 1.165) is 36.3 Å². The Bertz CT molecular complexity index is 716. The highest BCUT2D eigenvalue weighted by Crippen LogP contribution is 2.35. The number of hydrogen-bond acceptors (Lipinski definition) is 8. The van der Waals surface area contributed by atoms with Gasteiger partial charge in [-0.15, -0.1) is 11.3 Å². The summed E-state index contributed by atoms with van der Waals surface area (Å²) in [5, 5.41) is 5.26. The Morgan fingerprint density at radius 3 is 2.71 bits per heavy atom. The van der Waals surface area contributed by atoms with Crippen molar-refractivity contribution in [3.8, 4) is 0 Å². The highest BCUT2D eigenvalue weighted by Gasteiger charge is 2.23. The molecule has 1 amide bonds. The van der Waals surface area contributed by atoms with Crippen molar-refractivity contribution < 1.29 is 4.79 Å². The molecule has 0 atom stereocenters. The molecule has 5 N–H and O–H groups in total. The second kappa shape index (κ2) is 7.32. The number of nitrogens with zero attached hydrogens (tertiary/aromatic N) is 4. The molecule has 128 valence electrons. The van der Waals surface area contributed by atoms with Gasteiger partial charge in [0.15, 0.2) is 5.13 Å². The van der Waals surface area contributed by atoms with Crippen LogP contribution >= 0.6 is 27.3 Å². The number of carbonyl (C=O) groups excluding carboxylic acids is 1. The summed E-state index contributed by atoms with van der Waals surface area (Å²) in [6.45, 7) is 3.40. The fourth-order valence-corrected chi connectivity index (χ4v) is 3.72. The number of rotatable bonds is 4. The average molecular weight is 412 g/mol. The Morgan fingerprint density at radius 1 is 1.29 bits per heavy atom. The Morgan fingerprint density at radius 2 is 2.04 bits per heavy atom. The van der Waals surface area contributed by atoms with Crippen LogP contribution < -0.4 is 21.7 Å². The maximum atomic E-state index is 12.0. The van der Waals surface area contributed by atoms with Crippen molar-refractivity contribution in [3.63, 3.8) is 0 Å². The number of hydrogen-bond donors (Lipinski definition) is 3. The van der Waals surface area contributed by atoms with Crippen molar-refractivity contribution in [2.75, 3.05) is 54.4 Å². The van der Waals surface area contributed by atoms with E-state index in [1.807, 2.05) is 5.38 Å². The average Bonchev–Trinajstić information content (AvgIpc) is 3.06. The van der Waals surface area contributed by atoms with Gasteiger partial charge in [-0.2, -0.15) is 0 Å². The molecule has 10 heteroatoms. The molecule has 0 saturated carbocycles. The number of nitrogens with one attached hydrogen (secondary N) is 1. The fourth-order valence-electron chi connectivity index (χ4n) is 2.60. The van der Waals surface area contributed by atoms with E-state index >= 15 is 0 Å². The first-order valence-corrected chi connectivity index (χ1v) is 9.08. The number of piperazine rings is 1. The van der Waals surface area contributed by atoms with Crippen LogP contribution in [0.2, 0.25) is 0 Å². The maximum absolute atomic E-state index is 12.0. The number of carbonyl (C=O) groups is 1. The molecule has 1 aliphatic heterocycles. The van der Waals surface area contributed by atoms with E-state index in [2.05, 4.69) is 41.0 Å². The first kappa shape index (κ1) is 16.9. The van der Waals surface area contributed by atoms with Gasteiger partial charge in [0.05, 0.1) is 22.4 Å². The molecular formula is C14H18BrN7OS. The lowest BCUT2D eigenvalue weighted by molar-refractivity contribution is -0.117. The molecule has 1 aliphatic rings. The monoisotopic (exact) mass is 411 g/mol. The van der Waals surface area contributed by atoms with Crippen LogP contribution in [0, 0.1) is 0 Å². The number of amides is 1. The van der Waals surface area contributed by atoms with Crippen LogP contribution in [-0.2, 0) is 4.79 Å². The highest BCUT2D eigenvalue weighted by atomic mass is 79.9. The number of pyridine rings is 1. The molecule has 0 bridgehead atoms. The molecule has 0 spiro atoms. The second-order valence-corrected chi connectivity index (χ2v) is 7.15. The first-order chi connectivity index (χ1) is 11.5. The predicted molar refractivity (Wildman–Crippen MR) is 100 cm³/mol. The zero-order valence-electron chi connectivity index (χ0n) is 12.9. The molecule has 0 unspecified atom stereocenters. The normalized spacial score (nSPS) is 15.5. The summed E-state index contributed by atoms with van der Waals surface area (Å²) < 4.78 is 0.823. The van der Waals surface area contributed by atoms with Crippen molar-refractivity contribution in [2.45, 2.75) is 0 Å². The number of thiazole rings is 1. The number of anilines is 4. The van der Waals surface area contributed by atoms with E-state index in [0.29, 0.717) is 23.2 Å². The topological polar surface area (TPSA) is 113 Å². The minimum absolute atomic E-state index is 0.0488. The van der Waals surface area contributed by atoms with Crippen LogP contribution in [0.3, 0.4) is 0 Å². The standard InChI is InChI=1S/C14H18BrN7OS/c15-9-7-19-13(17)11(16)12(9)22-4-2-21(3-5-22)8-10(23)20-14-18-1-6-24-14/h1,6-7H,2-5,8,16H2,(H2,17,19)(H,18,20,23). The molecule has 0 aromatic carbocycles. The molecule has 3 rings (SSSR count). The van der Waals surface area contributed by atoms with Crippen LogP contribution in [0.5, 0.6) is 0 Å². The summed E-state index contributed by atoms with van der Waals surface area (Å²) >= 11 is 4.89. The Labute approximate surface area is 152 Å². The Hall–Kier alpha value is -1.91. The van der Waals surface area contributed by atoms with Crippen molar-refractivity contribution in [1.82, 2.24) is 14.9 Å². The van der Waals surface area contributed by atoms with Crippen molar-refractivity contribution in [3.05, 3.63) is 22.2 Å². The first-order valence-electron chi connectivity index (χ1n) is 7.40. The van der Waals surface area contributed by atoms with Gasteiger partial charge in [0.25, 0.3) is 0 Å². The zero-order valence-corrected chi connectivity index (χ0v) is 15.3. The van der Waals surface area contributed by atoms with E-state index < -0.39 is 0 Å². The lowest BCUT2D eigenvalue weighted by Crippen LogP contribution is -2.49. The summed E-state index contributed by atoms with van der Waals surface area (Å²) in [5.41, 5.74) is 13.2. The third kappa shape index (κ3) is 3.77. The van der Waals surface area contributed by atoms with Gasteiger partial charge in [0, 0.05) is 44.0 Å². The van der Waals surface area contributed by atoms with Crippen LogP contribution in [0.15, 0.2) is 22.2 Å². The number of aromatic nitrogens is 2. The van der Waals surface area contributed by atoms with E-state index in [1.165, 1.54) is 11.3 Å². The second-order valence-electron chi connectivity index (χ2n) is 5.40. The third-order valence-electron chi connectivity index (χ3n) is 3.81. The molecule has 0 aliphatic carbocycles. The molecule has 24 heavy (non-hydrogen) atoms. The smallest absolute Gasteiger partial charge is 0.240 e. The summed E-state index contributed by atoms with van der Waals surface area (Å²) in [7, 11) is 0. The molecule has 2 aromatic heterocycles. The van der Waals surface area contributed by atoms with Crippen LogP contribution in [0.25, 0.3) is 0 Å². The van der Waals surface area contributed by atoms with Crippen molar-refractivity contribution in [1.29, 1.82) is 0 Å². The molecule has 3 heterocycles. The number of halogens is 1. The minimum atomic E-state index is -0.0488. The van der Waals surface area contributed by atoms with E-state index in [9.17, 15) is 4.79 Å². The van der Waals surface area contributed by atoms with Crippen LogP contribution in [0.4, 0.5) is 22.3 Å². The van der Waals surface area contributed by atoms with Gasteiger partial charge in [-0.1, -0.05) is 0 Å². The highest BCUT2D eigenvalue weighted by molar-refractivity contribution is 9.10. The summed E-state index contributed by atoms with van der Waals surface area (Å²) in [6.07, 6.45) is 3.33. The van der Waals surface area contributed by atoms with Gasteiger partial charge in [0.2, 0.25) is 5.91 Å². The summed E-state index contributed by atoms with van der Waals surface area (Å²) in [4.78, 5) is 24.4.